The van der Waals surface area contributed by atoms with E-state index >= 15 is 0 Å². The molecule has 0 spiro atoms. The number of esters is 1. The Balaban J connectivity index is 2.14. The van der Waals surface area contributed by atoms with E-state index < -0.39 is 5.60 Å². The first-order chi connectivity index (χ1) is 12.7. The van der Waals surface area contributed by atoms with E-state index in [4.69, 9.17) is 9.47 Å². The topological polar surface area (TPSA) is 43.7 Å². The Kier molecular flexibility index (Phi) is 5.87. The Morgan fingerprint density at radius 2 is 1.85 bits per heavy atom. The first kappa shape index (κ1) is 20.2. The third kappa shape index (κ3) is 4.32. The molecular formula is C21H29BrN2O3. The van der Waals surface area contributed by atoms with Crippen LogP contribution in [0.3, 0.4) is 0 Å². The summed E-state index contributed by atoms with van der Waals surface area (Å²) < 4.78 is 14.2. The minimum absolute atomic E-state index is 0.274. The molecule has 0 saturated carbocycles. The van der Waals surface area contributed by atoms with Crippen LogP contribution in [-0.2, 0) is 18.3 Å². The van der Waals surface area contributed by atoms with Gasteiger partial charge in [0.05, 0.1) is 22.7 Å². The molecule has 2 aromatic rings. The number of rotatable bonds is 4. The molecule has 1 saturated heterocycles. The van der Waals surface area contributed by atoms with Crippen molar-refractivity contribution in [3.05, 3.63) is 27.9 Å². The number of likely N-dealkylation sites (tertiary alicyclic amines) is 1. The van der Waals surface area contributed by atoms with E-state index in [0.717, 1.165) is 40.7 Å². The van der Waals surface area contributed by atoms with E-state index in [1.54, 1.807) is 7.11 Å². The molecule has 0 atom stereocenters. The van der Waals surface area contributed by atoms with Crippen molar-refractivity contribution in [2.45, 2.75) is 52.2 Å². The van der Waals surface area contributed by atoms with Crippen LogP contribution in [0, 0.1) is 0 Å². The molecule has 0 unspecified atom stereocenters. The molecule has 0 bridgehead atoms. The van der Waals surface area contributed by atoms with Crippen LogP contribution in [-0.4, -0.2) is 41.2 Å². The van der Waals surface area contributed by atoms with Crippen LogP contribution in [0.1, 0.15) is 56.1 Å². The highest BCUT2D eigenvalue weighted by atomic mass is 79.9. The van der Waals surface area contributed by atoms with Crippen LogP contribution in [0.25, 0.3) is 10.9 Å². The van der Waals surface area contributed by atoms with Crippen LogP contribution in [0.2, 0.25) is 0 Å². The average molecular weight is 437 g/mol. The van der Waals surface area contributed by atoms with E-state index in [2.05, 4.69) is 25.4 Å². The number of aromatic nitrogens is 1. The zero-order chi connectivity index (χ0) is 19.8. The fourth-order valence-electron chi connectivity index (χ4n) is 3.72. The van der Waals surface area contributed by atoms with E-state index in [9.17, 15) is 4.79 Å². The summed E-state index contributed by atoms with van der Waals surface area (Å²) in [5.74, 6) is 0.437. The van der Waals surface area contributed by atoms with Gasteiger partial charge in [-0.05, 0) is 74.8 Å². The molecule has 1 aliphatic heterocycles. The molecule has 1 aromatic heterocycles. The standard InChI is InChI=1S/C21H29BrN2O3/c1-21(2,3)27-20(25)19-14-11-18(26-5)15(22)12-16(14)23(4)17(19)13-24-9-7-6-8-10-24/h11-12H,6-10,13H2,1-5H3. The molecule has 5 nitrogen and oxygen atoms in total. The van der Waals surface area contributed by atoms with Crippen LogP contribution in [0.4, 0.5) is 0 Å². The molecular weight excluding hydrogens is 408 g/mol. The summed E-state index contributed by atoms with van der Waals surface area (Å²) in [6.45, 7) is 8.59. The lowest BCUT2D eigenvalue weighted by molar-refractivity contribution is 0.00692. The number of benzene rings is 1. The van der Waals surface area contributed by atoms with Gasteiger partial charge in [0.1, 0.15) is 11.4 Å². The largest absolute Gasteiger partial charge is 0.496 e. The predicted octanol–water partition coefficient (Wildman–Crippen LogP) is 4.89. The molecule has 0 aliphatic carbocycles. The maximum atomic E-state index is 13.1. The number of carbonyl (C=O) groups excluding carboxylic acids is 1. The zero-order valence-electron chi connectivity index (χ0n) is 16.9. The minimum atomic E-state index is -0.541. The number of carbonyl (C=O) groups is 1. The van der Waals surface area contributed by atoms with Gasteiger partial charge in [-0.1, -0.05) is 6.42 Å². The summed E-state index contributed by atoms with van der Waals surface area (Å²) in [4.78, 5) is 15.6. The van der Waals surface area contributed by atoms with Gasteiger partial charge in [0.25, 0.3) is 0 Å². The van der Waals surface area contributed by atoms with Crippen molar-refractivity contribution in [1.82, 2.24) is 9.47 Å². The average Bonchev–Trinajstić information content (AvgIpc) is 2.85. The summed E-state index contributed by atoms with van der Waals surface area (Å²) in [7, 11) is 3.66. The van der Waals surface area contributed by atoms with Crippen molar-refractivity contribution in [1.29, 1.82) is 0 Å². The van der Waals surface area contributed by atoms with Crippen LogP contribution < -0.4 is 4.74 Å². The molecule has 0 N–H and O–H groups in total. The van der Waals surface area contributed by atoms with Gasteiger partial charge in [-0.3, -0.25) is 4.90 Å². The van der Waals surface area contributed by atoms with Crippen molar-refractivity contribution >= 4 is 32.8 Å². The molecule has 27 heavy (non-hydrogen) atoms. The second kappa shape index (κ2) is 7.84. The van der Waals surface area contributed by atoms with Crippen LogP contribution in [0.5, 0.6) is 5.75 Å². The van der Waals surface area contributed by atoms with Gasteiger partial charge in [-0.2, -0.15) is 0 Å². The lowest BCUT2D eigenvalue weighted by Gasteiger charge is -2.27. The second-order valence-electron chi connectivity index (χ2n) is 8.22. The number of methoxy groups -OCH3 is 1. The van der Waals surface area contributed by atoms with E-state index in [0.29, 0.717) is 11.3 Å². The highest BCUT2D eigenvalue weighted by Crippen LogP contribution is 2.36. The van der Waals surface area contributed by atoms with Gasteiger partial charge >= 0.3 is 5.97 Å². The summed E-state index contributed by atoms with van der Waals surface area (Å²) >= 11 is 3.57. The highest BCUT2D eigenvalue weighted by Gasteiger charge is 2.28. The quantitative estimate of drug-likeness (QED) is 0.639. The number of hydrogen-bond acceptors (Lipinski definition) is 4. The number of halogens is 1. The number of ether oxygens (including phenoxy) is 2. The first-order valence-electron chi connectivity index (χ1n) is 9.52. The smallest absolute Gasteiger partial charge is 0.341 e. The molecule has 3 rings (SSSR count). The summed E-state index contributed by atoms with van der Waals surface area (Å²) in [5.41, 5.74) is 2.11. The molecule has 0 radical (unpaired) electrons. The number of piperidine rings is 1. The van der Waals surface area contributed by atoms with Crippen LogP contribution >= 0.6 is 15.9 Å². The monoisotopic (exact) mass is 436 g/mol. The first-order valence-corrected chi connectivity index (χ1v) is 10.3. The van der Waals surface area contributed by atoms with Gasteiger partial charge in [0, 0.05) is 24.7 Å². The Labute approximate surface area is 169 Å². The predicted molar refractivity (Wildman–Crippen MR) is 111 cm³/mol. The Morgan fingerprint density at radius 3 is 2.44 bits per heavy atom. The Hall–Kier alpha value is -1.53. The fourth-order valence-corrected chi connectivity index (χ4v) is 4.21. The molecule has 1 fully saturated rings. The molecule has 1 aliphatic rings. The van der Waals surface area contributed by atoms with Crippen molar-refractivity contribution in [2.75, 3.05) is 20.2 Å². The van der Waals surface area contributed by atoms with Crippen molar-refractivity contribution in [3.63, 3.8) is 0 Å². The van der Waals surface area contributed by atoms with E-state index in [-0.39, 0.29) is 5.97 Å². The second-order valence-corrected chi connectivity index (χ2v) is 9.08. The third-order valence-corrected chi connectivity index (χ3v) is 5.64. The van der Waals surface area contributed by atoms with E-state index in [1.165, 1.54) is 19.3 Å². The summed E-state index contributed by atoms with van der Waals surface area (Å²) in [5, 5.41) is 0.874. The maximum Gasteiger partial charge on any atom is 0.341 e. The van der Waals surface area contributed by atoms with Crippen molar-refractivity contribution < 1.29 is 14.3 Å². The number of aryl methyl sites for hydroxylation is 1. The number of nitrogens with zero attached hydrogens (tertiary/aromatic N) is 2. The minimum Gasteiger partial charge on any atom is -0.496 e. The summed E-state index contributed by atoms with van der Waals surface area (Å²) in [6.07, 6.45) is 3.71. The summed E-state index contributed by atoms with van der Waals surface area (Å²) in [6, 6.07) is 3.94. The normalized spacial score (nSPS) is 15.9. The van der Waals surface area contributed by atoms with Gasteiger partial charge in [-0.25, -0.2) is 4.79 Å². The molecule has 1 aromatic carbocycles. The molecule has 0 amide bonds. The lowest BCUT2D eigenvalue weighted by atomic mass is 10.1. The van der Waals surface area contributed by atoms with E-state index in [1.807, 2.05) is 40.0 Å². The molecule has 2 heterocycles. The van der Waals surface area contributed by atoms with Gasteiger partial charge in [-0.15, -0.1) is 0 Å². The Bertz CT molecular complexity index is 845. The van der Waals surface area contributed by atoms with Gasteiger partial charge in [0.2, 0.25) is 0 Å². The number of hydrogen-bond donors (Lipinski definition) is 0. The van der Waals surface area contributed by atoms with Crippen LogP contribution in [0.15, 0.2) is 16.6 Å². The zero-order valence-corrected chi connectivity index (χ0v) is 18.5. The highest BCUT2D eigenvalue weighted by molar-refractivity contribution is 9.10. The molecule has 6 heteroatoms. The maximum absolute atomic E-state index is 13.1. The lowest BCUT2D eigenvalue weighted by Crippen LogP contribution is -2.31. The fraction of sp³-hybridized carbons (Fsp3) is 0.571. The van der Waals surface area contributed by atoms with Gasteiger partial charge in [0.15, 0.2) is 0 Å². The van der Waals surface area contributed by atoms with Gasteiger partial charge < -0.3 is 14.0 Å². The van der Waals surface area contributed by atoms with Crippen molar-refractivity contribution in [2.24, 2.45) is 7.05 Å². The third-order valence-electron chi connectivity index (χ3n) is 5.02. The number of fused-ring (bicyclic) bond motifs is 1. The van der Waals surface area contributed by atoms with Crippen molar-refractivity contribution in [3.8, 4) is 5.75 Å². The Morgan fingerprint density at radius 1 is 1.19 bits per heavy atom. The SMILES string of the molecule is COc1cc2c(C(=O)OC(C)(C)C)c(CN3CCCCC3)n(C)c2cc1Br. The molecule has 148 valence electrons.